The zero-order valence-electron chi connectivity index (χ0n) is 13.7. The van der Waals surface area contributed by atoms with Crippen molar-refractivity contribution in [3.05, 3.63) is 54.6 Å². The monoisotopic (exact) mass is 322 g/mol. The third-order valence-electron chi connectivity index (χ3n) is 4.10. The smallest absolute Gasteiger partial charge is 0.248 e. The Hall–Kier alpha value is -2.69. The number of carbonyl (C=O) groups excluding carboxylic acids is 1. The van der Waals surface area contributed by atoms with Crippen LogP contribution in [0.2, 0.25) is 0 Å². The van der Waals surface area contributed by atoms with Crippen LogP contribution in [0, 0.1) is 0 Å². The molecule has 2 aromatic rings. The maximum absolute atomic E-state index is 12.2. The highest BCUT2D eigenvalue weighted by Crippen LogP contribution is 2.27. The normalized spacial score (nSPS) is 15.2. The lowest BCUT2D eigenvalue weighted by Gasteiger charge is -2.25. The van der Waals surface area contributed by atoms with Gasteiger partial charge >= 0.3 is 0 Å². The first-order valence-corrected chi connectivity index (χ1v) is 8.42. The standard InChI is InChI=1S/C19H22N4O/c24-19(10-9-16-15-20-11-12-21-16)22-17-7-3-4-8-18(17)23-13-5-1-2-6-14-23/h3-4,7-12,15H,1-2,5-6,13-14H2,(H,22,24). The Morgan fingerprint density at radius 3 is 2.62 bits per heavy atom. The molecule has 0 spiro atoms. The molecule has 0 unspecified atom stereocenters. The highest BCUT2D eigenvalue weighted by Gasteiger charge is 2.14. The molecule has 1 aliphatic rings. The second-order valence-corrected chi connectivity index (χ2v) is 5.87. The van der Waals surface area contributed by atoms with Crippen LogP contribution in [-0.2, 0) is 4.79 Å². The largest absolute Gasteiger partial charge is 0.370 e. The van der Waals surface area contributed by atoms with Gasteiger partial charge in [0, 0.05) is 31.6 Å². The van der Waals surface area contributed by atoms with Crippen LogP contribution < -0.4 is 10.2 Å². The molecule has 5 heteroatoms. The third-order valence-corrected chi connectivity index (χ3v) is 4.10. The molecule has 3 rings (SSSR count). The van der Waals surface area contributed by atoms with Gasteiger partial charge in [-0.05, 0) is 31.1 Å². The Bertz CT molecular complexity index is 692. The van der Waals surface area contributed by atoms with E-state index in [1.54, 1.807) is 24.7 Å². The summed E-state index contributed by atoms with van der Waals surface area (Å²) in [5.41, 5.74) is 2.61. The lowest BCUT2D eigenvalue weighted by atomic mass is 10.2. The molecule has 0 saturated carbocycles. The summed E-state index contributed by atoms with van der Waals surface area (Å²) >= 11 is 0. The molecule has 1 saturated heterocycles. The number of anilines is 2. The number of nitrogens with zero attached hydrogens (tertiary/aromatic N) is 3. The molecule has 5 nitrogen and oxygen atoms in total. The molecule has 1 fully saturated rings. The number of hydrogen-bond acceptors (Lipinski definition) is 4. The molecule has 1 aromatic carbocycles. The molecule has 2 heterocycles. The summed E-state index contributed by atoms with van der Waals surface area (Å²) in [6, 6.07) is 8.00. The number of benzene rings is 1. The van der Waals surface area contributed by atoms with Gasteiger partial charge in [0.05, 0.1) is 23.3 Å². The summed E-state index contributed by atoms with van der Waals surface area (Å²) in [5, 5.41) is 2.98. The average Bonchev–Trinajstić information content (AvgIpc) is 2.91. The van der Waals surface area contributed by atoms with Crippen molar-refractivity contribution in [1.82, 2.24) is 9.97 Å². The van der Waals surface area contributed by atoms with Gasteiger partial charge in [-0.3, -0.25) is 14.8 Å². The predicted octanol–water partition coefficient (Wildman–Crippen LogP) is 3.51. The van der Waals surface area contributed by atoms with E-state index < -0.39 is 0 Å². The van der Waals surface area contributed by atoms with Crippen molar-refractivity contribution in [2.24, 2.45) is 0 Å². The first-order chi connectivity index (χ1) is 11.8. The first-order valence-electron chi connectivity index (χ1n) is 8.42. The Balaban J connectivity index is 1.70. The zero-order chi connectivity index (χ0) is 16.6. The fourth-order valence-corrected chi connectivity index (χ4v) is 2.90. The van der Waals surface area contributed by atoms with Crippen molar-refractivity contribution in [2.45, 2.75) is 25.7 Å². The summed E-state index contributed by atoms with van der Waals surface area (Å²) in [5.74, 6) is -0.164. The Morgan fingerprint density at radius 1 is 1.08 bits per heavy atom. The van der Waals surface area contributed by atoms with E-state index in [1.165, 1.54) is 31.8 Å². The van der Waals surface area contributed by atoms with E-state index in [-0.39, 0.29) is 5.91 Å². The van der Waals surface area contributed by atoms with Gasteiger partial charge in [-0.1, -0.05) is 25.0 Å². The molecule has 124 valence electrons. The molecule has 0 aliphatic carbocycles. The van der Waals surface area contributed by atoms with E-state index in [0.29, 0.717) is 5.69 Å². The SMILES string of the molecule is O=C(C=Cc1cnccn1)Nc1ccccc1N1CCCCCC1. The number of nitrogens with one attached hydrogen (secondary N) is 1. The molecular weight excluding hydrogens is 300 g/mol. The predicted molar refractivity (Wildman–Crippen MR) is 96.8 cm³/mol. The fourth-order valence-electron chi connectivity index (χ4n) is 2.90. The topological polar surface area (TPSA) is 58.1 Å². The fraction of sp³-hybridized carbons (Fsp3) is 0.316. The van der Waals surface area contributed by atoms with E-state index in [1.807, 2.05) is 18.2 Å². The molecule has 1 N–H and O–H groups in total. The van der Waals surface area contributed by atoms with Crippen LogP contribution in [0.25, 0.3) is 6.08 Å². The average molecular weight is 322 g/mol. The Kier molecular flexibility index (Phi) is 5.56. The second kappa shape index (κ2) is 8.24. The molecule has 1 aromatic heterocycles. The number of para-hydroxylation sites is 2. The Morgan fingerprint density at radius 2 is 1.88 bits per heavy atom. The van der Waals surface area contributed by atoms with E-state index in [4.69, 9.17) is 0 Å². The molecule has 0 bridgehead atoms. The van der Waals surface area contributed by atoms with Crippen LogP contribution in [0.15, 0.2) is 48.9 Å². The van der Waals surface area contributed by atoms with Crippen molar-refractivity contribution in [1.29, 1.82) is 0 Å². The van der Waals surface area contributed by atoms with Gasteiger partial charge in [0.25, 0.3) is 0 Å². The highest BCUT2D eigenvalue weighted by atomic mass is 16.1. The Labute approximate surface area is 142 Å². The van der Waals surface area contributed by atoms with Crippen molar-refractivity contribution in [2.75, 3.05) is 23.3 Å². The van der Waals surface area contributed by atoms with E-state index in [2.05, 4.69) is 26.3 Å². The van der Waals surface area contributed by atoms with Crippen LogP contribution >= 0.6 is 0 Å². The lowest BCUT2D eigenvalue weighted by molar-refractivity contribution is -0.111. The van der Waals surface area contributed by atoms with Crippen molar-refractivity contribution >= 4 is 23.4 Å². The van der Waals surface area contributed by atoms with Crippen LogP contribution in [0.5, 0.6) is 0 Å². The minimum Gasteiger partial charge on any atom is -0.370 e. The summed E-state index contributed by atoms with van der Waals surface area (Å²) < 4.78 is 0. The summed E-state index contributed by atoms with van der Waals surface area (Å²) in [6.45, 7) is 2.09. The molecule has 1 aliphatic heterocycles. The number of amides is 1. The van der Waals surface area contributed by atoms with E-state index >= 15 is 0 Å². The van der Waals surface area contributed by atoms with Gasteiger partial charge in [0.15, 0.2) is 0 Å². The molecular formula is C19H22N4O. The van der Waals surface area contributed by atoms with Gasteiger partial charge in [0.2, 0.25) is 5.91 Å². The quantitative estimate of drug-likeness (QED) is 0.875. The maximum atomic E-state index is 12.2. The van der Waals surface area contributed by atoms with Crippen LogP contribution in [-0.4, -0.2) is 29.0 Å². The molecule has 0 atom stereocenters. The minimum atomic E-state index is -0.164. The highest BCUT2D eigenvalue weighted by molar-refractivity contribution is 6.03. The van der Waals surface area contributed by atoms with Gasteiger partial charge < -0.3 is 10.2 Å². The van der Waals surface area contributed by atoms with E-state index in [9.17, 15) is 4.79 Å². The first kappa shape index (κ1) is 16.2. The third kappa shape index (κ3) is 4.41. The second-order valence-electron chi connectivity index (χ2n) is 5.87. The maximum Gasteiger partial charge on any atom is 0.248 e. The van der Waals surface area contributed by atoms with Crippen molar-refractivity contribution in [3.63, 3.8) is 0 Å². The van der Waals surface area contributed by atoms with Crippen molar-refractivity contribution < 1.29 is 4.79 Å². The number of carbonyl (C=O) groups is 1. The van der Waals surface area contributed by atoms with Crippen LogP contribution in [0.4, 0.5) is 11.4 Å². The van der Waals surface area contributed by atoms with Gasteiger partial charge in [-0.2, -0.15) is 0 Å². The van der Waals surface area contributed by atoms with Gasteiger partial charge in [0.1, 0.15) is 0 Å². The van der Waals surface area contributed by atoms with E-state index in [0.717, 1.165) is 24.5 Å². The van der Waals surface area contributed by atoms with Crippen LogP contribution in [0.3, 0.4) is 0 Å². The molecule has 0 radical (unpaired) electrons. The van der Waals surface area contributed by atoms with Gasteiger partial charge in [-0.15, -0.1) is 0 Å². The summed E-state index contributed by atoms with van der Waals surface area (Å²) in [6.07, 6.45) is 13.0. The number of aromatic nitrogens is 2. The number of rotatable bonds is 4. The zero-order valence-corrected chi connectivity index (χ0v) is 13.7. The van der Waals surface area contributed by atoms with Crippen LogP contribution in [0.1, 0.15) is 31.4 Å². The summed E-state index contributed by atoms with van der Waals surface area (Å²) in [7, 11) is 0. The molecule has 1 amide bonds. The minimum absolute atomic E-state index is 0.164. The lowest BCUT2D eigenvalue weighted by Crippen LogP contribution is -2.25. The summed E-state index contributed by atoms with van der Waals surface area (Å²) in [4.78, 5) is 22.7. The van der Waals surface area contributed by atoms with Gasteiger partial charge in [-0.25, -0.2) is 0 Å². The van der Waals surface area contributed by atoms with Crippen molar-refractivity contribution in [3.8, 4) is 0 Å². The molecule has 24 heavy (non-hydrogen) atoms. The number of hydrogen-bond donors (Lipinski definition) is 1.